The van der Waals surface area contributed by atoms with Crippen molar-refractivity contribution in [1.82, 2.24) is 4.98 Å². The second kappa shape index (κ2) is 3.89. The van der Waals surface area contributed by atoms with Crippen LogP contribution in [0, 0.1) is 0 Å². The number of fused-ring (bicyclic) bond motifs is 1. The van der Waals surface area contributed by atoms with Crippen LogP contribution < -0.4 is 5.73 Å². The highest BCUT2D eigenvalue weighted by atomic mass is 14.8. The molecular formula is C13H16N2. The number of anilines is 1. The minimum absolute atomic E-state index is 0.618. The summed E-state index contributed by atoms with van der Waals surface area (Å²) in [5.74, 6) is 0.618. The highest BCUT2D eigenvalue weighted by Gasteiger charge is 2.06. The topological polar surface area (TPSA) is 38.9 Å². The van der Waals surface area contributed by atoms with Crippen LogP contribution >= 0.6 is 0 Å². The summed E-state index contributed by atoms with van der Waals surface area (Å²) in [6, 6.07) is 8.23. The smallest absolute Gasteiger partial charge is 0.124 e. The largest absolute Gasteiger partial charge is 0.384 e. The first-order chi connectivity index (χ1) is 7.26. The lowest BCUT2D eigenvalue weighted by Gasteiger charge is -2.09. The molecule has 0 fully saturated rings. The Morgan fingerprint density at radius 1 is 1.13 bits per heavy atom. The fourth-order valence-electron chi connectivity index (χ4n) is 2.05. The number of aryl methyl sites for hydroxylation is 2. The first-order valence-corrected chi connectivity index (χ1v) is 5.43. The predicted octanol–water partition coefficient (Wildman–Crippen LogP) is 2.94. The van der Waals surface area contributed by atoms with Crippen molar-refractivity contribution in [3.8, 4) is 0 Å². The van der Waals surface area contributed by atoms with E-state index in [0.29, 0.717) is 5.82 Å². The fourth-order valence-corrected chi connectivity index (χ4v) is 2.05. The number of nitrogens with zero attached hydrogens (tertiary/aromatic N) is 1. The maximum absolute atomic E-state index is 5.78. The summed E-state index contributed by atoms with van der Waals surface area (Å²) in [6.45, 7) is 4.32. The van der Waals surface area contributed by atoms with Gasteiger partial charge >= 0.3 is 0 Å². The van der Waals surface area contributed by atoms with E-state index < -0.39 is 0 Å². The van der Waals surface area contributed by atoms with Crippen LogP contribution in [-0.2, 0) is 12.8 Å². The van der Waals surface area contributed by atoms with Gasteiger partial charge < -0.3 is 5.73 Å². The van der Waals surface area contributed by atoms with Crippen LogP contribution in [0.1, 0.15) is 25.0 Å². The SMILES string of the molecule is CCc1cccc2nc(N)cc(CC)c12. The summed E-state index contributed by atoms with van der Waals surface area (Å²) < 4.78 is 0. The Kier molecular flexibility index (Phi) is 2.58. The molecule has 0 aliphatic carbocycles. The summed E-state index contributed by atoms with van der Waals surface area (Å²) in [6.07, 6.45) is 2.04. The Bertz CT molecular complexity index is 489. The molecule has 15 heavy (non-hydrogen) atoms. The van der Waals surface area contributed by atoms with Gasteiger partial charge in [0.15, 0.2) is 0 Å². The number of benzene rings is 1. The standard InChI is InChI=1S/C13H16N2/c1-3-9-6-5-7-11-13(9)10(4-2)8-12(14)15-11/h5-8H,3-4H2,1-2H3,(H2,14,15). The summed E-state index contributed by atoms with van der Waals surface area (Å²) in [4.78, 5) is 4.37. The minimum atomic E-state index is 0.618. The van der Waals surface area contributed by atoms with Gasteiger partial charge in [-0.05, 0) is 36.1 Å². The van der Waals surface area contributed by atoms with Gasteiger partial charge in [0, 0.05) is 5.39 Å². The van der Waals surface area contributed by atoms with Gasteiger partial charge in [-0.2, -0.15) is 0 Å². The Morgan fingerprint density at radius 2 is 1.87 bits per heavy atom. The van der Waals surface area contributed by atoms with E-state index in [9.17, 15) is 0 Å². The second-order valence-corrected chi connectivity index (χ2v) is 3.72. The number of nitrogen functional groups attached to an aromatic ring is 1. The average Bonchev–Trinajstić information content (AvgIpc) is 2.26. The molecule has 0 amide bonds. The lowest BCUT2D eigenvalue weighted by molar-refractivity contribution is 1.11. The third kappa shape index (κ3) is 1.67. The number of pyridine rings is 1. The van der Waals surface area contributed by atoms with E-state index in [2.05, 4.69) is 24.9 Å². The Balaban J connectivity index is 2.84. The van der Waals surface area contributed by atoms with Crippen molar-refractivity contribution in [3.63, 3.8) is 0 Å². The molecule has 2 N–H and O–H groups in total. The third-order valence-electron chi connectivity index (χ3n) is 2.78. The third-order valence-corrected chi connectivity index (χ3v) is 2.78. The van der Waals surface area contributed by atoms with Crippen LogP contribution in [0.2, 0.25) is 0 Å². The second-order valence-electron chi connectivity index (χ2n) is 3.72. The first kappa shape index (κ1) is 9.97. The van der Waals surface area contributed by atoms with Gasteiger partial charge in [0.1, 0.15) is 5.82 Å². The monoisotopic (exact) mass is 200 g/mol. The zero-order valence-corrected chi connectivity index (χ0v) is 9.25. The lowest BCUT2D eigenvalue weighted by Crippen LogP contribution is -1.97. The maximum Gasteiger partial charge on any atom is 0.124 e. The molecule has 2 heteroatoms. The van der Waals surface area contributed by atoms with E-state index in [-0.39, 0.29) is 0 Å². The minimum Gasteiger partial charge on any atom is -0.384 e. The van der Waals surface area contributed by atoms with Crippen LogP contribution in [0.5, 0.6) is 0 Å². The van der Waals surface area contributed by atoms with Crippen molar-refractivity contribution in [2.24, 2.45) is 0 Å². The van der Waals surface area contributed by atoms with Gasteiger partial charge in [-0.1, -0.05) is 26.0 Å². The summed E-state index contributed by atoms with van der Waals surface area (Å²) in [5, 5.41) is 1.29. The molecule has 0 bridgehead atoms. The molecule has 0 atom stereocenters. The molecule has 2 aromatic rings. The van der Waals surface area contributed by atoms with Gasteiger partial charge in [0.25, 0.3) is 0 Å². The average molecular weight is 200 g/mol. The maximum atomic E-state index is 5.78. The zero-order valence-electron chi connectivity index (χ0n) is 9.25. The molecule has 0 saturated carbocycles. The highest BCUT2D eigenvalue weighted by molar-refractivity contribution is 5.87. The van der Waals surface area contributed by atoms with Crippen LogP contribution in [0.15, 0.2) is 24.3 Å². The Hall–Kier alpha value is -1.57. The van der Waals surface area contributed by atoms with Crippen LogP contribution in [0.25, 0.3) is 10.9 Å². The molecule has 0 saturated heterocycles. The van der Waals surface area contributed by atoms with Crippen LogP contribution in [-0.4, -0.2) is 4.98 Å². The van der Waals surface area contributed by atoms with E-state index in [1.54, 1.807) is 0 Å². The molecule has 2 nitrogen and oxygen atoms in total. The van der Waals surface area contributed by atoms with E-state index >= 15 is 0 Å². The highest BCUT2D eigenvalue weighted by Crippen LogP contribution is 2.24. The zero-order chi connectivity index (χ0) is 10.8. The van der Waals surface area contributed by atoms with Crippen LogP contribution in [0.4, 0.5) is 5.82 Å². The van der Waals surface area contributed by atoms with Crippen molar-refractivity contribution < 1.29 is 0 Å². The molecule has 0 aliphatic rings. The predicted molar refractivity (Wildman–Crippen MR) is 64.9 cm³/mol. The molecule has 1 aromatic heterocycles. The van der Waals surface area contributed by atoms with E-state index in [1.165, 1.54) is 16.5 Å². The van der Waals surface area contributed by atoms with E-state index in [0.717, 1.165) is 18.4 Å². The Labute approximate surface area is 90.1 Å². The quantitative estimate of drug-likeness (QED) is 0.809. The summed E-state index contributed by atoms with van der Waals surface area (Å²) >= 11 is 0. The number of nitrogens with two attached hydrogens (primary N) is 1. The van der Waals surface area contributed by atoms with E-state index in [1.807, 2.05) is 18.2 Å². The van der Waals surface area contributed by atoms with Crippen molar-refractivity contribution in [1.29, 1.82) is 0 Å². The summed E-state index contributed by atoms with van der Waals surface area (Å²) in [7, 11) is 0. The van der Waals surface area contributed by atoms with Crippen LogP contribution in [0.3, 0.4) is 0 Å². The molecule has 0 aliphatic heterocycles. The number of rotatable bonds is 2. The van der Waals surface area contributed by atoms with Crippen molar-refractivity contribution in [3.05, 3.63) is 35.4 Å². The van der Waals surface area contributed by atoms with Gasteiger partial charge in [-0.15, -0.1) is 0 Å². The molecule has 78 valence electrons. The molecule has 0 spiro atoms. The molecule has 1 aromatic carbocycles. The normalized spacial score (nSPS) is 10.8. The number of hydrogen-bond acceptors (Lipinski definition) is 2. The van der Waals surface area contributed by atoms with Gasteiger partial charge in [0.2, 0.25) is 0 Å². The lowest BCUT2D eigenvalue weighted by atomic mass is 10.00. The van der Waals surface area contributed by atoms with Gasteiger partial charge in [0.05, 0.1) is 5.52 Å². The molecular weight excluding hydrogens is 184 g/mol. The van der Waals surface area contributed by atoms with Crippen molar-refractivity contribution >= 4 is 16.7 Å². The van der Waals surface area contributed by atoms with Gasteiger partial charge in [-0.25, -0.2) is 4.98 Å². The first-order valence-electron chi connectivity index (χ1n) is 5.43. The molecule has 1 heterocycles. The van der Waals surface area contributed by atoms with Crippen molar-refractivity contribution in [2.45, 2.75) is 26.7 Å². The fraction of sp³-hybridized carbons (Fsp3) is 0.308. The summed E-state index contributed by atoms with van der Waals surface area (Å²) in [5.41, 5.74) is 9.46. The van der Waals surface area contributed by atoms with Gasteiger partial charge in [-0.3, -0.25) is 0 Å². The van der Waals surface area contributed by atoms with Crippen molar-refractivity contribution in [2.75, 3.05) is 5.73 Å². The molecule has 0 unspecified atom stereocenters. The molecule has 0 radical (unpaired) electrons. The van der Waals surface area contributed by atoms with E-state index in [4.69, 9.17) is 5.73 Å². The number of aromatic nitrogens is 1. The number of hydrogen-bond donors (Lipinski definition) is 1. The Morgan fingerprint density at radius 3 is 2.53 bits per heavy atom. The molecule has 2 rings (SSSR count).